The molecule has 108 valence electrons. The van der Waals surface area contributed by atoms with Crippen LogP contribution < -0.4 is 5.32 Å². The fourth-order valence-corrected chi connectivity index (χ4v) is 4.27. The first-order chi connectivity index (χ1) is 8.05. The number of rotatable bonds is 5. The monoisotopic (exact) mass is 275 g/mol. The van der Waals surface area contributed by atoms with Crippen LogP contribution in [0.15, 0.2) is 0 Å². The van der Waals surface area contributed by atoms with Crippen LogP contribution in [0.1, 0.15) is 53.9 Å². The van der Waals surface area contributed by atoms with Crippen LogP contribution in [0.4, 0.5) is 0 Å². The second kappa shape index (κ2) is 5.49. The Labute approximate surface area is 113 Å². The highest BCUT2D eigenvalue weighted by Gasteiger charge is 2.38. The average molecular weight is 275 g/mol. The molecule has 0 unspecified atom stereocenters. The van der Waals surface area contributed by atoms with Gasteiger partial charge in [-0.3, -0.25) is 0 Å². The van der Waals surface area contributed by atoms with E-state index in [1.807, 2.05) is 0 Å². The molecule has 0 saturated heterocycles. The lowest BCUT2D eigenvalue weighted by Gasteiger charge is -2.45. The summed E-state index contributed by atoms with van der Waals surface area (Å²) in [5.41, 5.74) is 0.700. The highest BCUT2D eigenvalue weighted by atomic mass is 32.2. The average Bonchev–Trinajstić information content (AvgIpc) is 2.12. The molecule has 1 saturated carbocycles. The minimum absolute atomic E-state index is 0.246. The van der Waals surface area contributed by atoms with Gasteiger partial charge in [-0.15, -0.1) is 0 Å². The summed E-state index contributed by atoms with van der Waals surface area (Å²) in [6, 6.07) is 0.454. The van der Waals surface area contributed by atoms with Crippen LogP contribution >= 0.6 is 0 Å². The molecular weight excluding hydrogens is 246 g/mol. The first kappa shape index (κ1) is 16.0. The molecule has 0 heterocycles. The van der Waals surface area contributed by atoms with Crippen LogP contribution in [0.25, 0.3) is 0 Å². The van der Waals surface area contributed by atoms with Crippen LogP contribution in [0.2, 0.25) is 0 Å². The van der Waals surface area contributed by atoms with Crippen molar-refractivity contribution in [3.63, 3.8) is 0 Å². The number of hydrogen-bond acceptors (Lipinski definition) is 3. The summed E-state index contributed by atoms with van der Waals surface area (Å²) in [5, 5.41) is 3.44. The molecule has 0 amide bonds. The smallest absolute Gasteiger partial charge is 0.151 e. The van der Waals surface area contributed by atoms with Crippen molar-refractivity contribution in [3.05, 3.63) is 0 Å². The molecule has 0 radical (unpaired) electrons. The summed E-state index contributed by atoms with van der Waals surface area (Å²) in [6.07, 6.45) is 3.52. The Balaban J connectivity index is 2.48. The van der Waals surface area contributed by atoms with Gasteiger partial charge in [0.1, 0.15) is 0 Å². The van der Waals surface area contributed by atoms with E-state index in [-0.39, 0.29) is 11.5 Å². The van der Waals surface area contributed by atoms with Gasteiger partial charge < -0.3 is 5.32 Å². The fraction of sp³-hybridized carbons (Fsp3) is 1.00. The zero-order valence-corrected chi connectivity index (χ0v) is 13.4. The van der Waals surface area contributed by atoms with Crippen LogP contribution in [-0.4, -0.2) is 32.5 Å². The van der Waals surface area contributed by atoms with Gasteiger partial charge in [-0.2, -0.15) is 0 Å². The van der Waals surface area contributed by atoms with Crippen molar-refractivity contribution in [2.45, 2.75) is 59.9 Å². The Morgan fingerprint density at radius 2 is 1.61 bits per heavy atom. The maximum atomic E-state index is 11.5. The quantitative estimate of drug-likeness (QED) is 0.839. The Kier molecular flexibility index (Phi) is 4.87. The lowest BCUT2D eigenvalue weighted by atomic mass is 9.63. The third-order valence-corrected chi connectivity index (χ3v) is 5.55. The Morgan fingerprint density at radius 3 is 2.06 bits per heavy atom. The summed E-state index contributed by atoms with van der Waals surface area (Å²) in [5.74, 6) is 0.511. The molecule has 1 fully saturated rings. The van der Waals surface area contributed by atoms with Gasteiger partial charge in [0.05, 0.1) is 5.75 Å². The second-order valence-corrected chi connectivity index (χ2v) is 9.77. The summed E-state index contributed by atoms with van der Waals surface area (Å²) in [7, 11) is -2.84. The predicted octanol–water partition coefficient (Wildman–Crippen LogP) is 2.62. The largest absolute Gasteiger partial charge is 0.313 e. The molecule has 3 nitrogen and oxygen atoms in total. The molecule has 4 heteroatoms. The lowest BCUT2D eigenvalue weighted by Crippen LogP contribution is -2.45. The van der Waals surface area contributed by atoms with E-state index in [0.717, 1.165) is 12.8 Å². The zero-order chi connectivity index (χ0) is 14.0. The van der Waals surface area contributed by atoms with Gasteiger partial charge in [-0.05, 0) is 30.1 Å². The van der Waals surface area contributed by atoms with Gasteiger partial charge in [0.25, 0.3) is 0 Å². The van der Waals surface area contributed by atoms with Gasteiger partial charge in [0.15, 0.2) is 9.84 Å². The molecule has 1 aliphatic carbocycles. The first-order valence-electron chi connectivity index (χ1n) is 6.99. The minimum atomic E-state index is -2.84. The minimum Gasteiger partial charge on any atom is -0.313 e. The standard InChI is InChI=1S/C14H29NO2S/c1-6-18(16,17)8-7-15-12-9-13(2,3)11-14(4,5)10-12/h12,15H,6-11H2,1-5H3. The molecule has 1 aliphatic rings. The summed E-state index contributed by atoms with van der Waals surface area (Å²) < 4.78 is 22.9. The van der Waals surface area contributed by atoms with E-state index in [0.29, 0.717) is 23.4 Å². The number of hydrogen-bond donors (Lipinski definition) is 1. The molecule has 0 spiro atoms. The fourth-order valence-electron chi connectivity index (χ4n) is 3.55. The first-order valence-corrected chi connectivity index (χ1v) is 8.81. The van der Waals surface area contributed by atoms with E-state index in [4.69, 9.17) is 0 Å². The molecule has 0 bridgehead atoms. The van der Waals surface area contributed by atoms with Crippen molar-refractivity contribution >= 4 is 9.84 Å². The summed E-state index contributed by atoms with van der Waals surface area (Å²) >= 11 is 0. The highest BCUT2D eigenvalue weighted by molar-refractivity contribution is 7.91. The van der Waals surface area contributed by atoms with Crippen molar-refractivity contribution in [1.82, 2.24) is 5.32 Å². The normalized spacial score (nSPS) is 24.1. The van der Waals surface area contributed by atoms with Crippen LogP contribution in [0, 0.1) is 10.8 Å². The topological polar surface area (TPSA) is 46.2 Å². The van der Waals surface area contributed by atoms with Gasteiger partial charge >= 0.3 is 0 Å². The van der Waals surface area contributed by atoms with Crippen LogP contribution in [0.3, 0.4) is 0 Å². The number of nitrogens with one attached hydrogen (secondary N) is 1. The Bertz CT molecular complexity index is 355. The molecule has 0 aromatic carbocycles. The summed E-state index contributed by atoms with van der Waals surface area (Å²) in [4.78, 5) is 0. The Morgan fingerprint density at radius 1 is 1.11 bits per heavy atom. The molecule has 0 aromatic rings. The van der Waals surface area contributed by atoms with Gasteiger partial charge in [0, 0.05) is 18.3 Å². The van der Waals surface area contributed by atoms with Crippen molar-refractivity contribution < 1.29 is 8.42 Å². The van der Waals surface area contributed by atoms with Crippen molar-refractivity contribution in [3.8, 4) is 0 Å². The second-order valence-electron chi connectivity index (χ2n) is 7.30. The zero-order valence-electron chi connectivity index (χ0n) is 12.5. The molecular formula is C14H29NO2S. The number of sulfone groups is 1. The maximum Gasteiger partial charge on any atom is 0.151 e. The Hall–Kier alpha value is -0.0900. The molecule has 1 N–H and O–H groups in total. The molecule has 0 aliphatic heterocycles. The summed E-state index contributed by atoms with van der Waals surface area (Å²) in [6.45, 7) is 11.5. The van der Waals surface area contributed by atoms with E-state index in [2.05, 4.69) is 33.0 Å². The van der Waals surface area contributed by atoms with Crippen LogP contribution in [-0.2, 0) is 9.84 Å². The van der Waals surface area contributed by atoms with E-state index < -0.39 is 9.84 Å². The van der Waals surface area contributed by atoms with Crippen LogP contribution in [0.5, 0.6) is 0 Å². The van der Waals surface area contributed by atoms with Crippen molar-refractivity contribution in [1.29, 1.82) is 0 Å². The molecule has 0 aromatic heterocycles. The SMILES string of the molecule is CCS(=O)(=O)CCNC1CC(C)(C)CC(C)(C)C1. The van der Waals surface area contributed by atoms with Crippen molar-refractivity contribution in [2.24, 2.45) is 10.8 Å². The van der Waals surface area contributed by atoms with E-state index in [1.54, 1.807) is 6.92 Å². The van der Waals surface area contributed by atoms with E-state index in [1.165, 1.54) is 6.42 Å². The molecule has 18 heavy (non-hydrogen) atoms. The van der Waals surface area contributed by atoms with Crippen molar-refractivity contribution in [2.75, 3.05) is 18.1 Å². The molecule has 0 atom stereocenters. The maximum absolute atomic E-state index is 11.5. The van der Waals surface area contributed by atoms with Gasteiger partial charge in [-0.25, -0.2) is 8.42 Å². The van der Waals surface area contributed by atoms with E-state index >= 15 is 0 Å². The molecule has 1 rings (SSSR count). The predicted molar refractivity (Wildman–Crippen MR) is 77.5 cm³/mol. The van der Waals surface area contributed by atoms with Gasteiger partial charge in [-0.1, -0.05) is 34.6 Å². The third-order valence-electron chi connectivity index (χ3n) is 3.84. The lowest BCUT2D eigenvalue weighted by molar-refractivity contribution is 0.0860. The third kappa shape index (κ3) is 5.27. The van der Waals surface area contributed by atoms with Gasteiger partial charge in [0.2, 0.25) is 0 Å². The highest BCUT2D eigenvalue weighted by Crippen LogP contribution is 2.45. The van der Waals surface area contributed by atoms with E-state index in [9.17, 15) is 8.42 Å².